The Balaban J connectivity index is 2.00. The standard InChI is InChI=1S/C12H12F2N4O/c13-9-1-2-10(11(14)3-9)12(4-15-8-19-12)5-18-7-16-6-17-18/h1-3,6-7,15H,4-5,8H2. The maximum absolute atomic E-state index is 14.0. The number of aromatic nitrogens is 3. The van der Waals surface area contributed by atoms with E-state index in [1.807, 2.05) is 0 Å². The fourth-order valence-electron chi connectivity index (χ4n) is 2.29. The molecule has 19 heavy (non-hydrogen) atoms. The molecule has 100 valence electrons. The smallest absolute Gasteiger partial charge is 0.137 e. The van der Waals surface area contributed by atoms with Crippen LogP contribution in [-0.4, -0.2) is 28.0 Å². The van der Waals surface area contributed by atoms with Crippen molar-refractivity contribution in [1.82, 2.24) is 20.1 Å². The highest BCUT2D eigenvalue weighted by atomic mass is 19.1. The Morgan fingerprint density at radius 1 is 1.42 bits per heavy atom. The Kier molecular flexibility index (Phi) is 3.00. The molecule has 5 nitrogen and oxygen atoms in total. The summed E-state index contributed by atoms with van der Waals surface area (Å²) in [5.41, 5.74) is -0.583. The Hall–Kier alpha value is -1.86. The normalized spacial score (nSPS) is 22.8. The lowest BCUT2D eigenvalue weighted by atomic mass is 9.93. The van der Waals surface area contributed by atoms with E-state index in [-0.39, 0.29) is 0 Å². The molecule has 0 bridgehead atoms. The van der Waals surface area contributed by atoms with Gasteiger partial charge < -0.3 is 4.74 Å². The van der Waals surface area contributed by atoms with E-state index < -0.39 is 17.2 Å². The summed E-state index contributed by atoms with van der Waals surface area (Å²) in [5, 5.41) is 7.02. The van der Waals surface area contributed by atoms with E-state index in [0.29, 0.717) is 25.4 Å². The zero-order valence-electron chi connectivity index (χ0n) is 10.0. The van der Waals surface area contributed by atoms with Crippen molar-refractivity contribution in [3.05, 3.63) is 48.1 Å². The molecule has 2 aromatic rings. The van der Waals surface area contributed by atoms with Gasteiger partial charge in [0.1, 0.15) is 29.9 Å². The van der Waals surface area contributed by atoms with Gasteiger partial charge in [-0.15, -0.1) is 0 Å². The molecule has 1 fully saturated rings. The minimum atomic E-state index is -0.897. The van der Waals surface area contributed by atoms with Gasteiger partial charge in [0.2, 0.25) is 0 Å². The van der Waals surface area contributed by atoms with Crippen molar-refractivity contribution in [1.29, 1.82) is 0 Å². The van der Waals surface area contributed by atoms with Gasteiger partial charge in [-0.05, 0) is 6.07 Å². The Morgan fingerprint density at radius 3 is 2.95 bits per heavy atom. The SMILES string of the molecule is Fc1ccc(C2(Cn3cncn3)CNCO2)c(F)c1. The van der Waals surface area contributed by atoms with Crippen LogP contribution in [-0.2, 0) is 16.9 Å². The Labute approximate surface area is 108 Å². The molecule has 0 amide bonds. The van der Waals surface area contributed by atoms with E-state index in [2.05, 4.69) is 15.4 Å². The first-order valence-corrected chi connectivity index (χ1v) is 5.82. The van der Waals surface area contributed by atoms with Gasteiger partial charge in [-0.2, -0.15) is 5.10 Å². The number of hydrogen-bond donors (Lipinski definition) is 1. The van der Waals surface area contributed by atoms with Crippen molar-refractivity contribution in [2.45, 2.75) is 12.1 Å². The van der Waals surface area contributed by atoms with Crippen LogP contribution in [0, 0.1) is 11.6 Å². The van der Waals surface area contributed by atoms with Crippen molar-refractivity contribution in [2.75, 3.05) is 13.3 Å². The van der Waals surface area contributed by atoms with E-state index >= 15 is 0 Å². The third-order valence-corrected chi connectivity index (χ3v) is 3.17. The van der Waals surface area contributed by atoms with Crippen molar-refractivity contribution >= 4 is 0 Å². The van der Waals surface area contributed by atoms with Crippen LogP contribution in [0.4, 0.5) is 8.78 Å². The topological polar surface area (TPSA) is 52.0 Å². The predicted molar refractivity (Wildman–Crippen MR) is 62.0 cm³/mol. The van der Waals surface area contributed by atoms with Gasteiger partial charge in [0.25, 0.3) is 0 Å². The van der Waals surface area contributed by atoms with Crippen LogP contribution in [0.2, 0.25) is 0 Å². The largest absolute Gasteiger partial charge is 0.352 e. The van der Waals surface area contributed by atoms with Crippen molar-refractivity contribution in [3.63, 3.8) is 0 Å². The van der Waals surface area contributed by atoms with Gasteiger partial charge in [0.15, 0.2) is 0 Å². The van der Waals surface area contributed by atoms with Crippen LogP contribution in [0.3, 0.4) is 0 Å². The number of rotatable bonds is 3. The first kappa shape index (κ1) is 12.2. The van der Waals surface area contributed by atoms with Crippen LogP contribution in [0.1, 0.15) is 5.56 Å². The number of benzene rings is 1. The summed E-state index contributed by atoms with van der Waals surface area (Å²) >= 11 is 0. The molecule has 7 heteroatoms. The maximum atomic E-state index is 14.0. The second-order valence-corrected chi connectivity index (χ2v) is 4.43. The van der Waals surface area contributed by atoms with Crippen molar-refractivity contribution in [2.24, 2.45) is 0 Å². The second-order valence-electron chi connectivity index (χ2n) is 4.43. The van der Waals surface area contributed by atoms with E-state index in [1.165, 1.54) is 24.8 Å². The Morgan fingerprint density at radius 2 is 2.32 bits per heavy atom. The molecule has 3 rings (SSSR count). The lowest BCUT2D eigenvalue weighted by Gasteiger charge is -2.28. The van der Waals surface area contributed by atoms with Gasteiger partial charge in [-0.1, -0.05) is 6.07 Å². The fraction of sp³-hybridized carbons (Fsp3) is 0.333. The number of nitrogens with one attached hydrogen (secondary N) is 1. The molecule has 1 aliphatic heterocycles. The molecule has 0 spiro atoms. The van der Waals surface area contributed by atoms with E-state index in [1.54, 1.807) is 4.68 Å². The van der Waals surface area contributed by atoms with E-state index in [4.69, 9.17) is 4.74 Å². The highest BCUT2D eigenvalue weighted by Gasteiger charge is 2.40. The number of hydrogen-bond acceptors (Lipinski definition) is 4. The molecule has 1 atom stereocenters. The first-order valence-electron chi connectivity index (χ1n) is 5.82. The van der Waals surface area contributed by atoms with E-state index in [9.17, 15) is 8.78 Å². The van der Waals surface area contributed by atoms with Crippen LogP contribution in [0.25, 0.3) is 0 Å². The molecule has 1 N–H and O–H groups in total. The highest BCUT2D eigenvalue weighted by Crippen LogP contribution is 2.32. The molecule has 1 aromatic heterocycles. The molecule has 2 heterocycles. The van der Waals surface area contributed by atoms with Crippen molar-refractivity contribution in [3.8, 4) is 0 Å². The number of nitrogens with zero attached hydrogens (tertiary/aromatic N) is 3. The summed E-state index contributed by atoms with van der Waals surface area (Å²) in [7, 11) is 0. The summed E-state index contributed by atoms with van der Waals surface area (Å²) < 4.78 is 34.2. The van der Waals surface area contributed by atoms with Gasteiger partial charge in [-0.25, -0.2) is 18.4 Å². The molecule has 1 unspecified atom stereocenters. The number of halogens is 2. The summed E-state index contributed by atoms with van der Waals surface area (Å²) in [6, 6.07) is 3.50. The third-order valence-electron chi connectivity index (χ3n) is 3.17. The van der Waals surface area contributed by atoms with Crippen LogP contribution in [0.15, 0.2) is 30.9 Å². The quantitative estimate of drug-likeness (QED) is 0.901. The molecule has 1 saturated heterocycles. The van der Waals surface area contributed by atoms with Crippen LogP contribution >= 0.6 is 0 Å². The minimum Gasteiger partial charge on any atom is -0.352 e. The van der Waals surface area contributed by atoms with Crippen LogP contribution < -0.4 is 5.32 Å². The minimum absolute atomic E-state index is 0.308. The molecular weight excluding hydrogens is 254 g/mol. The number of ether oxygens (including phenoxy) is 1. The lowest BCUT2D eigenvalue weighted by Crippen LogP contribution is -2.36. The maximum Gasteiger partial charge on any atom is 0.137 e. The molecule has 1 aliphatic rings. The van der Waals surface area contributed by atoms with Gasteiger partial charge in [0.05, 0.1) is 13.3 Å². The first-order chi connectivity index (χ1) is 9.20. The van der Waals surface area contributed by atoms with Crippen LogP contribution in [0.5, 0.6) is 0 Å². The van der Waals surface area contributed by atoms with Gasteiger partial charge in [0, 0.05) is 18.2 Å². The van der Waals surface area contributed by atoms with Gasteiger partial charge >= 0.3 is 0 Å². The Bertz CT molecular complexity index is 567. The monoisotopic (exact) mass is 266 g/mol. The zero-order valence-corrected chi connectivity index (χ0v) is 10.0. The highest BCUT2D eigenvalue weighted by molar-refractivity contribution is 5.26. The van der Waals surface area contributed by atoms with Crippen molar-refractivity contribution < 1.29 is 13.5 Å². The third kappa shape index (κ3) is 2.22. The summed E-state index contributed by atoms with van der Waals surface area (Å²) in [4.78, 5) is 3.85. The predicted octanol–water partition coefficient (Wildman–Crippen LogP) is 1.03. The average Bonchev–Trinajstić information content (AvgIpc) is 3.02. The summed E-state index contributed by atoms with van der Waals surface area (Å²) in [6.45, 7) is 1.05. The summed E-state index contributed by atoms with van der Waals surface area (Å²) in [5.74, 6) is -1.23. The lowest BCUT2D eigenvalue weighted by molar-refractivity contribution is -0.0124. The molecule has 0 radical (unpaired) electrons. The fourth-order valence-corrected chi connectivity index (χ4v) is 2.29. The zero-order chi connectivity index (χ0) is 13.3. The summed E-state index contributed by atoms with van der Waals surface area (Å²) in [6.07, 6.45) is 2.93. The molecule has 0 saturated carbocycles. The van der Waals surface area contributed by atoms with Gasteiger partial charge in [-0.3, -0.25) is 5.32 Å². The molecule has 1 aromatic carbocycles. The molecule has 0 aliphatic carbocycles. The molecular formula is C12H12F2N4O. The average molecular weight is 266 g/mol. The second kappa shape index (κ2) is 4.67. The van der Waals surface area contributed by atoms with E-state index in [0.717, 1.165) is 6.07 Å².